The van der Waals surface area contributed by atoms with Gasteiger partial charge in [-0.1, -0.05) is 46.3 Å². The minimum atomic E-state index is -0.576. The average molecular weight is 314 g/mol. The second kappa shape index (κ2) is 10.9. The molecule has 0 saturated carbocycles. The Morgan fingerprint density at radius 1 is 1.14 bits per heavy atom. The number of carbonyl (C=O) groups is 2. The summed E-state index contributed by atoms with van der Waals surface area (Å²) in [6, 6.07) is 0. The van der Waals surface area contributed by atoms with Crippen LogP contribution in [0.2, 0.25) is 0 Å². The van der Waals surface area contributed by atoms with E-state index in [9.17, 15) is 9.59 Å². The molecule has 2 atom stereocenters. The summed E-state index contributed by atoms with van der Waals surface area (Å²) in [6.07, 6.45) is 4.13. The van der Waals surface area contributed by atoms with Crippen molar-refractivity contribution in [2.75, 3.05) is 0 Å². The van der Waals surface area contributed by atoms with Gasteiger partial charge in [0.05, 0.1) is 5.92 Å². The summed E-state index contributed by atoms with van der Waals surface area (Å²) in [6.45, 7) is 9.68. The van der Waals surface area contributed by atoms with Crippen molar-refractivity contribution < 1.29 is 14.3 Å². The number of Topliss-reactive ketones (excluding diaryl/α,β-unsaturated/α-hetero) is 1. The molecule has 0 heterocycles. The van der Waals surface area contributed by atoms with E-state index in [-0.39, 0.29) is 17.7 Å². The van der Waals surface area contributed by atoms with Crippen molar-refractivity contribution in [3.05, 3.63) is 0 Å². The van der Waals surface area contributed by atoms with Crippen LogP contribution in [0.5, 0.6) is 0 Å². The number of thiocarbonyl (C=S) groups is 1. The molecule has 0 aromatic carbocycles. The molecule has 0 radical (unpaired) electrons. The highest BCUT2D eigenvalue weighted by Gasteiger charge is 2.25. The summed E-state index contributed by atoms with van der Waals surface area (Å²) >= 11 is 5.04. The van der Waals surface area contributed by atoms with Gasteiger partial charge in [-0.15, -0.1) is 0 Å². The van der Waals surface area contributed by atoms with Gasteiger partial charge < -0.3 is 4.74 Å². The first-order valence-corrected chi connectivity index (χ1v) is 8.41. The zero-order chi connectivity index (χ0) is 16.4. The average Bonchev–Trinajstić information content (AvgIpc) is 2.40. The quantitative estimate of drug-likeness (QED) is 0.320. The lowest BCUT2D eigenvalue weighted by Crippen LogP contribution is -2.30. The van der Waals surface area contributed by atoms with Gasteiger partial charge in [-0.3, -0.25) is 9.59 Å². The summed E-state index contributed by atoms with van der Waals surface area (Å²) in [5.41, 5.74) is 0. The van der Waals surface area contributed by atoms with E-state index in [0.29, 0.717) is 18.8 Å². The number of ether oxygens (including phenoxy) is 1. The minimum absolute atomic E-state index is 0.0144. The molecule has 3 nitrogen and oxygen atoms in total. The van der Waals surface area contributed by atoms with Crippen LogP contribution in [-0.2, 0) is 14.3 Å². The van der Waals surface area contributed by atoms with E-state index >= 15 is 0 Å². The first-order valence-electron chi connectivity index (χ1n) is 8.00. The van der Waals surface area contributed by atoms with Gasteiger partial charge in [-0.25, -0.2) is 0 Å². The first kappa shape index (κ1) is 20.2. The van der Waals surface area contributed by atoms with Gasteiger partial charge >= 0.3 is 5.97 Å². The van der Waals surface area contributed by atoms with Crippen molar-refractivity contribution in [1.82, 2.24) is 0 Å². The van der Waals surface area contributed by atoms with E-state index < -0.39 is 6.10 Å². The van der Waals surface area contributed by atoms with Crippen LogP contribution in [-0.4, -0.2) is 22.7 Å². The topological polar surface area (TPSA) is 43.4 Å². The maximum Gasteiger partial charge on any atom is 0.309 e. The number of hydrogen-bond acceptors (Lipinski definition) is 4. The van der Waals surface area contributed by atoms with E-state index in [1.807, 2.05) is 27.7 Å². The highest BCUT2D eigenvalue weighted by molar-refractivity contribution is 7.80. The molecule has 0 N–H and O–H groups in total. The third-order valence-electron chi connectivity index (χ3n) is 3.47. The zero-order valence-corrected chi connectivity index (χ0v) is 14.9. The van der Waals surface area contributed by atoms with E-state index in [1.165, 1.54) is 0 Å². The smallest absolute Gasteiger partial charge is 0.309 e. The van der Waals surface area contributed by atoms with Gasteiger partial charge in [-0.2, -0.15) is 0 Å². The molecule has 0 aliphatic heterocycles. The molecule has 0 bridgehead atoms. The lowest BCUT2D eigenvalue weighted by molar-refractivity contribution is -0.159. The van der Waals surface area contributed by atoms with Gasteiger partial charge in [0.1, 0.15) is 0 Å². The fourth-order valence-corrected chi connectivity index (χ4v) is 2.24. The van der Waals surface area contributed by atoms with Crippen molar-refractivity contribution in [3.8, 4) is 0 Å². The number of hydrogen-bond donors (Lipinski definition) is 0. The summed E-state index contributed by atoms with van der Waals surface area (Å²) in [5.74, 6) is -0.0592. The first-order chi connectivity index (χ1) is 9.77. The lowest BCUT2D eigenvalue weighted by atomic mass is 10.00. The highest BCUT2D eigenvalue weighted by Crippen LogP contribution is 2.16. The van der Waals surface area contributed by atoms with Gasteiger partial charge in [0.15, 0.2) is 11.9 Å². The Labute approximate surface area is 134 Å². The molecule has 0 spiro atoms. The van der Waals surface area contributed by atoms with Gasteiger partial charge in [0.25, 0.3) is 0 Å². The van der Waals surface area contributed by atoms with Gasteiger partial charge in [0.2, 0.25) is 0 Å². The maximum absolute atomic E-state index is 12.1. The Hall–Kier alpha value is -0.770. The van der Waals surface area contributed by atoms with Crippen LogP contribution in [0, 0.1) is 11.8 Å². The molecule has 21 heavy (non-hydrogen) atoms. The van der Waals surface area contributed by atoms with Gasteiger partial charge in [-0.05, 0) is 43.4 Å². The van der Waals surface area contributed by atoms with Crippen molar-refractivity contribution >= 4 is 28.8 Å². The number of unbranched alkanes of at least 4 members (excludes halogenated alkanes) is 1. The van der Waals surface area contributed by atoms with Crippen molar-refractivity contribution in [3.63, 3.8) is 0 Å². The number of rotatable bonds is 11. The molecular formula is C17H30O3S. The third kappa shape index (κ3) is 9.72. The Bertz CT molecular complexity index is 350. The molecule has 0 aliphatic carbocycles. The Morgan fingerprint density at radius 3 is 2.24 bits per heavy atom. The summed E-state index contributed by atoms with van der Waals surface area (Å²) in [7, 11) is 0. The fraction of sp³-hybridized carbons (Fsp3) is 0.824. The van der Waals surface area contributed by atoms with Crippen LogP contribution >= 0.6 is 12.2 Å². The van der Waals surface area contributed by atoms with E-state index in [4.69, 9.17) is 17.0 Å². The van der Waals surface area contributed by atoms with Crippen LogP contribution in [0.4, 0.5) is 0 Å². The standard InChI is InChI=1S/C17H30O3S/c1-6-15(18)16(11-12(2)3)20-17(19)13(4)9-7-8-10-14(5)21/h12-13,16H,6-11H2,1-5H3. The summed E-state index contributed by atoms with van der Waals surface area (Å²) in [4.78, 5) is 24.9. The SMILES string of the molecule is CCC(=O)C(CC(C)C)OC(=O)C(C)CCCCC(C)=S. The lowest BCUT2D eigenvalue weighted by Gasteiger charge is -2.20. The minimum Gasteiger partial charge on any atom is -0.454 e. The van der Waals surface area contributed by atoms with Crippen LogP contribution in [0.3, 0.4) is 0 Å². The molecule has 4 heteroatoms. The predicted molar refractivity (Wildman–Crippen MR) is 90.5 cm³/mol. The molecular weight excluding hydrogens is 284 g/mol. The fourth-order valence-electron chi connectivity index (χ4n) is 2.10. The van der Waals surface area contributed by atoms with E-state index in [1.54, 1.807) is 6.92 Å². The third-order valence-corrected chi connectivity index (χ3v) is 3.67. The molecule has 2 unspecified atom stereocenters. The number of esters is 1. The largest absolute Gasteiger partial charge is 0.454 e. The molecule has 0 rings (SSSR count). The van der Waals surface area contributed by atoms with Crippen molar-refractivity contribution in [1.29, 1.82) is 0 Å². The second-order valence-corrected chi connectivity index (χ2v) is 6.92. The predicted octanol–water partition coefficient (Wildman–Crippen LogP) is 4.51. The Kier molecular flexibility index (Phi) is 10.5. The van der Waals surface area contributed by atoms with Crippen LogP contribution < -0.4 is 0 Å². The van der Waals surface area contributed by atoms with E-state index in [0.717, 1.165) is 30.5 Å². The molecule has 0 aromatic heterocycles. The van der Waals surface area contributed by atoms with E-state index in [2.05, 4.69) is 0 Å². The summed E-state index contributed by atoms with van der Waals surface area (Å²) in [5, 5.41) is 0. The molecule has 0 aliphatic rings. The van der Waals surface area contributed by atoms with Crippen LogP contribution in [0.15, 0.2) is 0 Å². The second-order valence-electron chi connectivity index (χ2n) is 6.22. The van der Waals surface area contributed by atoms with Crippen molar-refractivity contribution in [2.45, 2.75) is 79.2 Å². The van der Waals surface area contributed by atoms with Crippen LogP contribution in [0.25, 0.3) is 0 Å². The summed E-state index contributed by atoms with van der Waals surface area (Å²) < 4.78 is 5.44. The molecule has 0 saturated heterocycles. The highest BCUT2D eigenvalue weighted by atomic mass is 32.1. The molecule has 122 valence electrons. The maximum atomic E-state index is 12.1. The molecule has 0 aromatic rings. The van der Waals surface area contributed by atoms with Gasteiger partial charge in [0, 0.05) is 6.42 Å². The van der Waals surface area contributed by atoms with Crippen LogP contribution in [0.1, 0.15) is 73.1 Å². The normalized spacial score (nSPS) is 13.8. The number of carbonyl (C=O) groups excluding carboxylic acids is 2. The Morgan fingerprint density at radius 2 is 1.76 bits per heavy atom. The molecule has 0 fully saturated rings. The Balaban J connectivity index is 4.27. The van der Waals surface area contributed by atoms with Crippen molar-refractivity contribution in [2.24, 2.45) is 11.8 Å². The monoisotopic (exact) mass is 314 g/mol. The number of ketones is 1. The zero-order valence-electron chi connectivity index (χ0n) is 14.1. The molecule has 0 amide bonds.